The van der Waals surface area contributed by atoms with E-state index in [1.165, 1.54) is 4.31 Å². The first kappa shape index (κ1) is 13.8. The molecule has 9 heteroatoms. The van der Waals surface area contributed by atoms with Crippen LogP contribution >= 0.6 is 0 Å². The van der Waals surface area contributed by atoms with Crippen LogP contribution < -0.4 is 0 Å². The fraction of sp³-hybridized carbons (Fsp3) is 0.500. The van der Waals surface area contributed by atoms with E-state index >= 15 is 0 Å². The van der Waals surface area contributed by atoms with E-state index in [1.54, 1.807) is 0 Å². The van der Waals surface area contributed by atoms with Crippen LogP contribution in [0.25, 0.3) is 0 Å². The lowest BCUT2D eigenvalue weighted by Crippen LogP contribution is -2.35. The second kappa shape index (κ2) is 5.19. The van der Waals surface area contributed by atoms with Crippen molar-refractivity contribution >= 4 is 15.8 Å². The van der Waals surface area contributed by atoms with Crippen molar-refractivity contribution in [2.45, 2.75) is 23.8 Å². The minimum Gasteiger partial charge on any atom is -0.395 e. The molecule has 8 nitrogen and oxygen atoms in total. The van der Waals surface area contributed by atoms with Crippen molar-refractivity contribution in [3.8, 4) is 0 Å². The van der Waals surface area contributed by atoms with E-state index in [2.05, 4.69) is 4.98 Å². The highest BCUT2D eigenvalue weighted by molar-refractivity contribution is 7.89. The Morgan fingerprint density at radius 1 is 1.47 bits per heavy atom. The molecule has 0 atom stereocenters. The van der Waals surface area contributed by atoms with E-state index in [0.29, 0.717) is 0 Å². The molecular weight excluding hydrogens is 274 g/mol. The number of aliphatic hydroxyl groups is 1. The van der Waals surface area contributed by atoms with Crippen LogP contribution in [-0.4, -0.2) is 46.9 Å². The Labute approximate surface area is 109 Å². The third kappa shape index (κ3) is 2.88. The van der Waals surface area contributed by atoms with Gasteiger partial charge in [0.2, 0.25) is 10.0 Å². The highest BCUT2D eigenvalue weighted by Gasteiger charge is 2.38. The lowest BCUT2D eigenvalue weighted by Gasteiger charge is -2.19. The number of nitrogens with zero attached hydrogens (tertiary/aromatic N) is 3. The van der Waals surface area contributed by atoms with E-state index in [9.17, 15) is 18.5 Å². The summed E-state index contributed by atoms with van der Waals surface area (Å²) in [5.41, 5.74) is 0. The van der Waals surface area contributed by atoms with Crippen molar-refractivity contribution in [3.63, 3.8) is 0 Å². The second-order valence-electron chi connectivity index (χ2n) is 4.18. The van der Waals surface area contributed by atoms with Crippen molar-refractivity contribution in [1.29, 1.82) is 0 Å². The van der Waals surface area contributed by atoms with Crippen LogP contribution in [0.4, 0.5) is 5.82 Å². The van der Waals surface area contributed by atoms with Crippen molar-refractivity contribution < 1.29 is 18.4 Å². The maximum Gasteiger partial charge on any atom is 0.363 e. The van der Waals surface area contributed by atoms with Gasteiger partial charge in [0.05, 0.1) is 6.61 Å². The van der Waals surface area contributed by atoms with Gasteiger partial charge >= 0.3 is 5.82 Å². The predicted octanol–water partition coefficient (Wildman–Crippen LogP) is 0.135. The number of aliphatic hydroxyl groups excluding tert-OH is 1. The van der Waals surface area contributed by atoms with Gasteiger partial charge in [0.25, 0.3) is 0 Å². The van der Waals surface area contributed by atoms with E-state index < -0.39 is 20.8 Å². The zero-order chi connectivity index (χ0) is 14.0. The van der Waals surface area contributed by atoms with Gasteiger partial charge < -0.3 is 15.2 Å². The third-order valence-corrected chi connectivity index (χ3v) is 4.72. The minimum atomic E-state index is -3.75. The summed E-state index contributed by atoms with van der Waals surface area (Å²) in [6.45, 7) is -0.250. The van der Waals surface area contributed by atoms with Gasteiger partial charge in [0, 0.05) is 18.7 Å². The lowest BCUT2D eigenvalue weighted by atomic mass is 10.5. The first-order chi connectivity index (χ1) is 8.96. The van der Waals surface area contributed by atoms with Crippen LogP contribution in [0.1, 0.15) is 12.8 Å². The average molecular weight is 287 g/mol. The largest absolute Gasteiger partial charge is 0.395 e. The summed E-state index contributed by atoms with van der Waals surface area (Å²) in [5, 5.41) is 19.4. The molecule has 1 aliphatic rings. The molecule has 1 fully saturated rings. The third-order valence-electron chi connectivity index (χ3n) is 2.79. The number of sulfonamides is 1. The smallest absolute Gasteiger partial charge is 0.363 e. The summed E-state index contributed by atoms with van der Waals surface area (Å²) in [7, 11) is -3.75. The van der Waals surface area contributed by atoms with Crippen LogP contribution in [0, 0.1) is 10.1 Å². The van der Waals surface area contributed by atoms with Crippen LogP contribution in [0.2, 0.25) is 0 Å². The molecule has 1 aromatic rings. The summed E-state index contributed by atoms with van der Waals surface area (Å²) in [6.07, 6.45) is 2.50. The number of nitro groups is 1. The molecule has 2 rings (SSSR count). The van der Waals surface area contributed by atoms with Gasteiger partial charge in [-0.1, -0.05) is 0 Å². The molecule has 1 heterocycles. The molecule has 19 heavy (non-hydrogen) atoms. The molecule has 0 unspecified atom stereocenters. The summed E-state index contributed by atoms with van der Waals surface area (Å²) in [5.74, 6) is -0.404. The fourth-order valence-electron chi connectivity index (χ4n) is 1.73. The molecule has 1 N–H and O–H groups in total. The first-order valence-corrected chi connectivity index (χ1v) is 7.14. The second-order valence-corrected chi connectivity index (χ2v) is 6.07. The Bertz CT molecular complexity index is 567. The van der Waals surface area contributed by atoms with Crippen molar-refractivity contribution in [2.24, 2.45) is 0 Å². The number of pyridine rings is 1. The Morgan fingerprint density at radius 3 is 2.58 bits per heavy atom. The summed E-state index contributed by atoms with van der Waals surface area (Å²) >= 11 is 0. The highest BCUT2D eigenvalue weighted by atomic mass is 32.2. The standard InChI is InChI=1S/C10H13N3O5S/c14-6-5-12(8-1-2-8)19(17,18)9-3-4-10(11-7-9)13(15)16/h3-4,7-8,14H,1-2,5-6H2. The van der Waals surface area contributed by atoms with Crippen LogP contribution in [0.3, 0.4) is 0 Å². The average Bonchev–Trinajstić information content (AvgIpc) is 3.20. The molecule has 0 bridgehead atoms. The zero-order valence-corrected chi connectivity index (χ0v) is 10.8. The van der Waals surface area contributed by atoms with E-state index in [0.717, 1.165) is 31.2 Å². The maximum atomic E-state index is 12.3. The monoisotopic (exact) mass is 287 g/mol. The maximum absolute atomic E-state index is 12.3. The molecule has 0 aliphatic heterocycles. The van der Waals surface area contributed by atoms with Crippen LogP contribution in [0.15, 0.2) is 23.2 Å². The normalized spacial score (nSPS) is 15.7. The molecule has 0 aromatic carbocycles. The quantitative estimate of drug-likeness (QED) is 0.588. The number of rotatable bonds is 6. The van der Waals surface area contributed by atoms with E-state index in [4.69, 9.17) is 5.11 Å². The Kier molecular flexibility index (Phi) is 3.78. The van der Waals surface area contributed by atoms with Crippen molar-refractivity contribution in [3.05, 3.63) is 28.4 Å². The van der Waals surface area contributed by atoms with E-state index in [1.807, 2.05) is 0 Å². The van der Waals surface area contributed by atoms with Gasteiger partial charge in [0.15, 0.2) is 6.20 Å². The van der Waals surface area contributed by atoms with Gasteiger partial charge in [-0.25, -0.2) is 8.42 Å². The van der Waals surface area contributed by atoms with Gasteiger partial charge in [-0.2, -0.15) is 4.31 Å². The summed E-state index contributed by atoms with van der Waals surface area (Å²) in [6, 6.07) is 2.12. The molecular formula is C10H13N3O5S. The molecule has 0 amide bonds. The van der Waals surface area contributed by atoms with Gasteiger partial charge in [0.1, 0.15) is 4.90 Å². The molecule has 0 spiro atoms. The molecule has 0 radical (unpaired) electrons. The first-order valence-electron chi connectivity index (χ1n) is 5.70. The number of aromatic nitrogens is 1. The molecule has 1 aliphatic carbocycles. The van der Waals surface area contributed by atoms with Gasteiger partial charge in [-0.05, 0) is 28.8 Å². The number of hydrogen-bond acceptors (Lipinski definition) is 6. The Morgan fingerprint density at radius 2 is 2.16 bits per heavy atom. The van der Waals surface area contributed by atoms with Gasteiger partial charge in [-0.3, -0.25) is 0 Å². The molecule has 104 valence electrons. The predicted molar refractivity (Wildman–Crippen MR) is 64.9 cm³/mol. The van der Waals surface area contributed by atoms with E-state index in [-0.39, 0.29) is 24.1 Å². The van der Waals surface area contributed by atoms with Crippen LogP contribution in [-0.2, 0) is 10.0 Å². The summed E-state index contributed by atoms with van der Waals surface area (Å²) in [4.78, 5) is 13.2. The topological polar surface area (TPSA) is 114 Å². The van der Waals surface area contributed by atoms with Crippen molar-refractivity contribution in [1.82, 2.24) is 9.29 Å². The van der Waals surface area contributed by atoms with Gasteiger partial charge in [-0.15, -0.1) is 0 Å². The zero-order valence-electron chi connectivity index (χ0n) is 9.97. The molecule has 0 saturated heterocycles. The number of hydrogen-bond donors (Lipinski definition) is 1. The highest BCUT2D eigenvalue weighted by Crippen LogP contribution is 2.31. The Hall–Kier alpha value is -1.58. The lowest BCUT2D eigenvalue weighted by molar-refractivity contribution is -0.389. The summed E-state index contributed by atoms with van der Waals surface area (Å²) < 4.78 is 25.8. The minimum absolute atomic E-state index is 0.0178. The Balaban J connectivity index is 2.29. The molecule has 1 aromatic heterocycles. The SMILES string of the molecule is O=[N+]([O-])c1ccc(S(=O)(=O)N(CCO)C2CC2)cn1. The fourth-order valence-corrected chi connectivity index (χ4v) is 3.35. The van der Waals surface area contributed by atoms with Crippen LogP contribution in [0.5, 0.6) is 0 Å². The molecule has 1 saturated carbocycles. The van der Waals surface area contributed by atoms with Crippen molar-refractivity contribution in [2.75, 3.05) is 13.2 Å².